The molecular weight excluding hydrogens is 268 g/mol. The molecule has 4 heteroatoms. The van der Waals surface area contributed by atoms with Crippen molar-refractivity contribution in [3.05, 3.63) is 52.0 Å². The molecule has 0 aliphatic carbocycles. The van der Waals surface area contributed by atoms with Crippen molar-refractivity contribution in [1.29, 1.82) is 0 Å². The number of aromatic nitrogens is 1. The van der Waals surface area contributed by atoms with Gasteiger partial charge < -0.3 is 10.4 Å². The predicted molar refractivity (Wildman–Crippen MR) is 83.9 cm³/mol. The molecule has 0 bridgehead atoms. The molecule has 0 saturated carbocycles. The van der Waals surface area contributed by atoms with Gasteiger partial charge in [0.1, 0.15) is 5.01 Å². The molecule has 0 saturated heterocycles. The second-order valence-electron chi connectivity index (χ2n) is 5.29. The van der Waals surface area contributed by atoms with E-state index in [0.717, 1.165) is 22.7 Å². The lowest BCUT2D eigenvalue weighted by Gasteiger charge is -2.29. The fraction of sp³-hybridized carbons (Fsp3) is 0.438. The molecule has 0 radical (unpaired) electrons. The van der Waals surface area contributed by atoms with Gasteiger partial charge in [-0.15, -0.1) is 11.3 Å². The molecule has 2 unspecified atom stereocenters. The number of rotatable bonds is 6. The summed E-state index contributed by atoms with van der Waals surface area (Å²) in [4.78, 5) is 4.58. The Morgan fingerprint density at radius 1 is 1.35 bits per heavy atom. The maximum absolute atomic E-state index is 10.3. The molecule has 20 heavy (non-hydrogen) atoms. The molecule has 0 spiro atoms. The summed E-state index contributed by atoms with van der Waals surface area (Å²) >= 11 is 1.67. The van der Waals surface area contributed by atoms with Crippen molar-refractivity contribution in [2.24, 2.45) is 0 Å². The average molecular weight is 290 g/mol. The van der Waals surface area contributed by atoms with E-state index in [1.54, 1.807) is 11.3 Å². The van der Waals surface area contributed by atoms with E-state index in [1.165, 1.54) is 0 Å². The Kier molecular flexibility index (Phi) is 4.91. The molecule has 2 N–H and O–H groups in total. The number of aliphatic hydroxyl groups excluding tert-OH is 1. The first-order chi connectivity index (χ1) is 9.55. The third-order valence-electron chi connectivity index (χ3n) is 3.67. The average Bonchev–Trinajstić information content (AvgIpc) is 2.92. The van der Waals surface area contributed by atoms with Crippen molar-refractivity contribution < 1.29 is 5.11 Å². The van der Waals surface area contributed by atoms with Crippen LogP contribution >= 0.6 is 11.3 Å². The van der Waals surface area contributed by atoms with E-state index in [1.807, 2.05) is 37.3 Å². The molecule has 0 amide bonds. The quantitative estimate of drug-likeness (QED) is 0.857. The first-order valence-corrected chi connectivity index (χ1v) is 7.84. The number of nitrogens with zero attached hydrogens (tertiary/aromatic N) is 1. The van der Waals surface area contributed by atoms with Gasteiger partial charge in [0, 0.05) is 17.6 Å². The maximum Gasteiger partial charge on any atom is 0.113 e. The van der Waals surface area contributed by atoms with Crippen LogP contribution < -0.4 is 5.32 Å². The van der Waals surface area contributed by atoms with Crippen LogP contribution in [0.15, 0.2) is 35.7 Å². The van der Waals surface area contributed by atoms with Crippen molar-refractivity contribution >= 4 is 11.3 Å². The molecule has 0 aliphatic heterocycles. The summed E-state index contributed by atoms with van der Waals surface area (Å²) in [6.45, 7) is 6.81. The van der Waals surface area contributed by atoms with Gasteiger partial charge in [-0.2, -0.15) is 0 Å². The van der Waals surface area contributed by atoms with Gasteiger partial charge in [0.15, 0.2) is 0 Å². The van der Waals surface area contributed by atoms with E-state index in [-0.39, 0.29) is 5.54 Å². The smallest absolute Gasteiger partial charge is 0.113 e. The van der Waals surface area contributed by atoms with E-state index in [4.69, 9.17) is 0 Å². The van der Waals surface area contributed by atoms with Gasteiger partial charge in [0.05, 0.1) is 11.6 Å². The third kappa shape index (κ3) is 3.45. The summed E-state index contributed by atoms with van der Waals surface area (Å²) in [5.74, 6) is 0. The number of hydrogen-bond donors (Lipinski definition) is 2. The van der Waals surface area contributed by atoms with Crippen LogP contribution in [0.3, 0.4) is 0 Å². The summed E-state index contributed by atoms with van der Waals surface area (Å²) in [7, 11) is 0. The third-order valence-corrected chi connectivity index (χ3v) is 4.89. The van der Waals surface area contributed by atoms with Gasteiger partial charge in [-0.05, 0) is 25.8 Å². The molecule has 2 atom stereocenters. The van der Waals surface area contributed by atoms with Gasteiger partial charge >= 0.3 is 0 Å². The highest BCUT2D eigenvalue weighted by Crippen LogP contribution is 2.28. The van der Waals surface area contributed by atoms with Crippen LogP contribution in [0.4, 0.5) is 0 Å². The fourth-order valence-corrected chi connectivity index (χ4v) is 3.08. The Balaban J connectivity index is 2.04. The number of thiazole rings is 1. The zero-order chi connectivity index (χ0) is 14.6. The minimum absolute atomic E-state index is 0.186. The van der Waals surface area contributed by atoms with Crippen molar-refractivity contribution in [2.45, 2.75) is 38.8 Å². The van der Waals surface area contributed by atoms with Crippen LogP contribution in [0, 0.1) is 6.92 Å². The molecular formula is C16H22N2OS. The van der Waals surface area contributed by atoms with Crippen LogP contribution in [0.5, 0.6) is 0 Å². The van der Waals surface area contributed by atoms with E-state index in [2.05, 4.69) is 29.5 Å². The molecule has 1 heterocycles. The van der Waals surface area contributed by atoms with E-state index in [0.29, 0.717) is 6.54 Å². The van der Waals surface area contributed by atoms with Crippen LogP contribution in [0.25, 0.3) is 0 Å². The van der Waals surface area contributed by atoms with Crippen LogP contribution in [-0.4, -0.2) is 16.6 Å². The SMILES string of the molecule is CCC(C)(NCC(O)c1ccccc1)c1nc(C)cs1. The second kappa shape index (κ2) is 6.48. The highest BCUT2D eigenvalue weighted by molar-refractivity contribution is 7.09. The van der Waals surface area contributed by atoms with Gasteiger partial charge in [0.2, 0.25) is 0 Å². The highest BCUT2D eigenvalue weighted by atomic mass is 32.1. The number of nitrogens with one attached hydrogen (secondary N) is 1. The topological polar surface area (TPSA) is 45.1 Å². The first kappa shape index (κ1) is 15.2. The van der Waals surface area contributed by atoms with Crippen LogP contribution in [0.1, 0.15) is 42.6 Å². The summed E-state index contributed by atoms with van der Waals surface area (Å²) in [5.41, 5.74) is 1.80. The maximum atomic E-state index is 10.3. The van der Waals surface area contributed by atoms with Gasteiger partial charge in [0.25, 0.3) is 0 Å². The normalized spacial score (nSPS) is 15.8. The first-order valence-electron chi connectivity index (χ1n) is 6.96. The Bertz CT molecular complexity index is 540. The molecule has 2 rings (SSSR count). The molecule has 1 aromatic carbocycles. The van der Waals surface area contributed by atoms with E-state index < -0.39 is 6.10 Å². The summed E-state index contributed by atoms with van der Waals surface area (Å²) in [5, 5.41) is 16.9. The lowest BCUT2D eigenvalue weighted by atomic mass is 9.99. The minimum atomic E-state index is -0.497. The second-order valence-corrected chi connectivity index (χ2v) is 6.15. The van der Waals surface area contributed by atoms with Crippen molar-refractivity contribution in [1.82, 2.24) is 10.3 Å². The Morgan fingerprint density at radius 2 is 2.05 bits per heavy atom. The lowest BCUT2D eigenvalue weighted by molar-refractivity contribution is 0.157. The summed E-state index contributed by atoms with van der Waals surface area (Å²) < 4.78 is 0. The summed E-state index contributed by atoms with van der Waals surface area (Å²) in [6, 6.07) is 9.74. The molecule has 2 aromatic rings. The molecule has 108 valence electrons. The minimum Gasteiger partial charge on any atom is -0.387 e. The zero-order valence-corrected chi connectivity index (χ0v) is 13.1. The van der Waals surface area contributed by atoms with Crippen LogP contribution in [0.2, 0.25) is 0 Å². The number of aryl methyl sites for hydroxylation is 1. The number of benzene rings is 1. The van der Waals surface area contributed by atoms with Crippen molar-refractivity contribution in [3.63, 3.8) is 0 Å². The van der Waals surface area contributed by atoms with Gasteiger partial charge in [-0.3, -0.25) is 0 Å². The summed E-state index contributed by atoms with van der Waals surface area (Å²) in [6.07, 6.45) is 0.435. The highest BCUT2D eigenvalue weighted by Gasteiger charge is 2.28. The molecule has 0 fully saturated rings. The van der Waals surface area contributed by atoms with Crippen molar-refractivity contribution in [2.75, 3.05) is 6.54 Å². The van der Waals surface area contributed by atoms with E-state index in [9.17, 15) is 5.11 Å². The number of hydrogen-bond acceptors (Lipinski definition) is 4. The molecule has 1 aromatic heterocycles. The predicted octanol–water partition coefficient (Wildman–Crippen LogP) is 3.40. The van der Waals surface area contributed by atoms with E-state index >= 15 is 0 Å². The molecule has 0 aliphatic rings. The van der Waals surface area contributed by atoms with Gasteiger partial charge in [-0.25, -0.2) is 4.98 Å². The monoisotopic (exact) mass is 290 g/mol. The Morgan fingerprint density at radius 3 is 2.60 bits per heavy atom. The lowest BCUT2D eigenvalue weighted by Crippen LogP contribution is -2.41. The Labute approximate surface area is 124 Å². The largest absolute Gasteiger partial charge is 0.387 e. The fourth-order valence-electron chi connectivity index (χ4n) is 2.07. The number of aliphatic hydroxyl groups is 1. The molecule has 3 nitrogen and oxygen atoms in total. The van der Waals surface area contributed by atoms with Crippen molar-refractivity contribution in [3.8, 4) is 0 Å². The van der Waals surface area contributed by atoms with Crippen LogP contribution in [-0.2, 0) is 5.54 Å². The zero-order valence-electron chi connectivity index (χ0n) is 12.3. The van der Waals surface area contributed by atoms with Gasteiger partial charge in [-0.1, -0.05) is 37.3 Å². The standard InChI is InChI=1S/C16H22N2OS/c1-4-16(3,15-18-12(2)11-20-15)17-10-14(19)13-8-6-5-7-9-13/h5-9,11,14,17,19H,4,10H2,1-3H3. The Hall–Kier alpha value is -1.23.